The van der Waals surface area contributed by atoms with Crippen LogP contribution in [0.4, 0.5) is 0 Å². The van der Waals surface area contributed by atoms with E-state index >= 15 is 0 Å². The van der Waals surface area contributed by atoms with Gasteiger partial charge in [0, 0.05) is 16.1 Å². The van der Waals surface area contributed by atoms with Crippen molar-refractivity contribution < 1.29 is 4.74 Å². The molecule has 0 fully saturated rings. The van der Waals surface area contributed by atoms with Gasteiger partial charge in [0.15, 0.2) is 0 Å². The molecule has 0 aliphatic carbocycles. The highest BCUT2D eigenvalue weighted by Crippen LogP contribution is 2.30. The van der Waals surface area contributed by atoms with Crippen LogP contribution in [-0.2, 0) is 0 Å². The number of methoxy groups -OCH3 is 1. The van der Waals surface area contributed by atoms with E-state index in [0.717, 1.165) is 34.0 Å². The Morgan fingerprint density at radius 3 is 2.12 bits per heavy atom. The zero-order valence-electron chi connectivity index (χ0n) is 14.3. The van der Waals surface area contributed by atoms with Gasteiger partial charge in [-0.05, 0) is 54.6 Å². The molecule has 1 aromatic heterocycles. The molecule has 0 bridgehead atoms. The maximum absolute atomic E-state index is 6.02. The lowest BCUT2D eigenvalue weighted by Gasteiger charge is -2.08. The summed E-state index contributed by atoms with van der Waals surface area (Å²) in [5.41, 5.74) is 5.03. The van der Waals surface area contributed by atoms with Crippen LogP contribution >= 0.6 is 11.6 Å². The van der Waals surface area contributed by atoms with Crippen LogP contribution in [0.1, 0.15) is 0 Å². The van der Waals surface area contributed by atoms with E-state index in [1.807, 2.05) is 83.5 Å². The van der Waals surface area contributed by atoms with Crippen molar-refractivity contribution in [2.45, 2.75) is 0 Å². The predicted molar refractivity (Wildman–Crippen MR) is 106 cm³/mol. The fraction of sp³-hybridized carbons (Fsp3) is 0.0455. The summed E-state index contributed by atoms with van der Waals surface area (Å²) in [6, 6.07) is 27.9. The number of para-hydroxylation sites is 1. The summed E-state index contributed by atoms with van der Waals surface area (Å²) in [6.45, 7) is 0. The molecule has 0 unspecified atom stereocenters. The van der Waals surface area contributed by atoms with Crippen LogP contribution < -0.4 is 4.74 Å². The van der Waals surface area contributed by atoms with E-state index in [4.69, 9.17) is 21.4 Å². The minimum Gasteiger partial charge on any atom is -0.497 e. The van der Waals surface area contributed by atoms with E-state index in [9.17, 15) is 0 Å². The summed E-state index contributed by atoms with van der Waals surface area (Å²) in [4.78, 5) is 0. The molecule has 0 aliphatic rings. The summed E-state index contributed by atoms with van der Waals surface area (Å²) in [5.74, 6) is 0.831. The first-order chi connectivity index (χ1) is 12.7. The summed E-state index contributed by atoms with van der Waals surface area (Å²) < 4.78 is 7.23. The van der Waals surface area contributed by atoms with E-state index in [1.54, 1.807) is 7.11 Å². The van der Waals surface area contributed by atoms with Crippen LogP contribution in [0.2, 0.25) is 5.02 Å². The third-order valence-corrected chi connectivity index (χ3v) is 4.49. The van der Waals surface area contributed by atoms with Crippen LogP contribution in [0.15, 0.2) is 84.9 Å². The molecule has 0 N–H and O–H groups in total. The highest BCUT2D eigenvalue weighted by Gasteiger charge is 2.13. The summed E-state index contributed by atoms with van der Waals surface area (Å²) >= 11 is 6.02. The number of halogens is 1. The Hall–Kier alpha value is -3.04. The van der Waals surface area contributed by atoms with Crippen molar-refractivity contribution in [1.29, 1.82) is 0 Å². The lowest BCUT2D eigenvalue weighted by atomic mass is 10.1. The molecular formula is C22H17ClN2O. The van der Waals surface area contributed by atoms with Gasteiger partial charge in [0.1, 0.15) is 5.75 Å². The van der Waals surface area contributed by atoms with Gasteiger partial charge >= 0.3 is 0 Å². The monoisotopic (exact) mass is 360 g/mol. The maximum Gasteiger partial charge on any atom is 0.118 e. The SMILES string of the molecule is COc1ccc(-c2cc(-c3ccc(Cl)cc3)nn2-c2ccccc2)cc1. The molecule has 128 valence electrons. The lowest BCUT2D eigenvalue weighted by Crippen LogP contribution is -1.98. The topological polar surface area (TPSA) is 27.1 Å². The molecule has 0 amide bonds. The van der Waals surface area contributed by atoms with Gasteiger partial charge in [0.2, 0.25) is 0 Å². The van der Waals surface area contributed by atoms with Crippen molar-refractivity contribution in [3.8, 4) is 34.0 Å². The molecule has 4 heteroatoms. The Bertz CT molecular complexity index is 1010. The molecule has 0 saturated heterocycles. The first-order valence-corrected chi connectivity index (χ1v) is 8.68. The van der Waals surface area contributed by atoms with Crippen molar-refractivity contribution in [1.82, 2.24) is 9.78 Å². The van der Waals surface area contributed by atoms with Crippen LogP contribution in [0.3, 0.4) is 0 Å². The van der Waals surface area contributed by atoms with Gasteiger partial charge in [-0.25, -0.2) is 4.68 Å². The maximum atomic E-state index is 6.02. The van der Waals surface area contributed by atoms with Gasteiger partial charge in [-0.1, -0.05) is 41.9 Å². The fourth-order valence-corrected chi connectivity index (χ4v) is 3.00. The zero-order chi connectivity index (χ0) is 17.9. The molecule has 1 heterocycles. The molecule has 0 radical (unpaired) electrons. The van der Waals surface area contributed by atoms with Crippen LogP contribution in [0, 0.1) is 0 Å². The third kappa shape index (κ3) is 3.22. The second-order valence-electron chi connectivity index (χ2n) is 5.90. The van der Waals surface area contributed by atoms with Gasteiger partial charge in [-0.15, -0.1) is 0 Å². The Labute approximate surface area is 157 Å². The Morgan fingerprint density at radius 2 is 1.46 bits per heavy atom. The fourth-order valence-electron chi connectivity index (χ4n) is 2.88. The number of hydrogen-bond donors (Lipinski definition) is 0. The Kier molecular flexibility index (Phi) is 4.46. The van der Waals surface area contributed by atoms with E-state index in [1.165, 1.54) is 0 Å². The molecule has 3 nitrogen and oxygen atoms in total. The summed E-state index contributed by atoms with van der Waals surface area (Å²) in [6.07, 6.45) is 0. The van der Waals surface area contributed by atoms with Gasteiger partial charge in [-0.3, -0.25) is 0 Å². The Morgan fingerprint density at radius 1 is 0.808 bits per heavy atom. The van der Waals surface area contributed by atoms with E-state index in [0.29, 0.717) is 5.02 Å². The van der Waals surface area contributed by atoms with Crippen molar-refractivity contribution >= 4 is 11.6 Å². The lowest BCUT2D eigenvalue weighted by molar-refractivity contribution is 0.415. The number of hydrogen-bond acceptors (Lipinski definition) is 2. The first-order valence-electron chi connectivity index (χ1n) is 8.30. The molecule has 3 aromatic carbocycles. The first kappa shape index (κ1) is 16.4. The Balaban J connectivity index is 1.86. The molecule has 0 spiro atoms. The van der Waals surface area contributed by atoms with Crippen LogP contribution in [-0.4, -0.2) is 16.9 Å². The molecule has 0 atom stereocenters. The number of aromatic nitrogens is 2. The molecule has 0 saturated carbocycles. The number of nitrogens with zero attached hydrogens (tertiary/aromatic N) is 2. The van der Waals surface area contributed by atoms with Gasteiger partial charge in [-0.2, -0.15) is 5.10 Å². The number of benzene rings is 3. The minimum absolute atomic E-state index is 0.714. The molecule has 26 heavy (non-hydrogen) atoms. The normalized spacial score (nSPS) is 10.7. The van der Waals surface area contributed by atoms with E-state index < -0.39 is 0 Å². The van der Waals surface area contributed by atoms with Crippen LogP contribution in [0.25, 0.3) is 28.2 Å². The van der Waals surface area contributed by atoms with Crippen LogP contribution in [0.5, 0.6) is 5.75 Å². The highest BCUT2D eigenvalue weighted by molar-refractivity contribution is 6.30. The van der Waals surface area contributed by atoms with E-state index in [2.05, 4.69) is 6.07 Å². The van der Waals surface area contributed by atoms with Crippen molar-refractivity contribution in [2.24, 2.45) is 0 Å². The van der Waals surface area contributed by atoms with Gasteiger partial charge in [0.05, 0.1) is 24.2 Å². The average Bonchev–Trinajstić information content (AvgIpc) is 3.15. The van der Waals surface area contributed by atoms with Gasteiger partial charge in [0.25, 0.3) is 0 Å². The summed E-state index contributed by atoms with van der Waals surface area (Å²) in [5, 5.41) is 5.56. The highest BCUT2D eigenvalue weighted by atomic mass is 35.5. The third-order valence-electron chi connectivity index (χ3n) is 4.24. The van der Waals surface area contributed by atoms with E-state index in [-0.39, 0.29) is 0 Å². The molecule has 4 rings (SSSR count). The standard InChI is InChI=1S/C22H17ClN2O/c1-26-20-13-9-17(10-14-20)22-15-21(16-7-11-18(23)12-8-16)24-25(22)19-5-3-2-4-6-19/h2-15H,1H3. The second kappa shape index (κ2) is 7.06. The predicted octanol–water partition coefficient (Wildman–Crippen LogP) is 5.87. The summed E-state index contributed by atoms with van der Waals surface area (Å²) in [7, 11) is 1.67. The van der Waals surface area contributed by atoms with Crippen molar-refractivity contribution in [3.05, 3.63) is 90.0 Å². The van der Waals surface area contributed by atoms with Crippen molar-refractivity contribution in [3.63, 3.8) is 0 Å². The molecule has 4 aromatic rings. The number of rotatable bonds is 4. The smallest absolute Gasteiger partial charge is 0.118 e. The molecule has 0 aliphatic heterocycles. The quantitative estimate of drug-likeness (QED) is 0.455. The second-order valence-corrected chi connectivity index (χ2v) is 6.33. The molecular weight excluding hydrogens is 344 g/mol. The number of ether oxygens (including phenoxy) is 1. The van der Waals surface area contributed by atoms with Gasteiger partial charge < -0.3 is 4.74 Å². The zero-order valence-corrected chi connectivity index (χ0v) is 15.0. The largest absolute Gasteiger partial charge is 0.497 e. The van der Waals surface area contributed by atoms with Crippen molar-refractivity contribution in [2.75, 3.05) is 7.11 Å². The minimum atomic E-state index is 0.714. The average molecular weight is 361 g/mol.